The van der Waals surface area contributed by atoms with Gasteiger partial charge in [-0.2, -0.15) is 0 Å². The fourth-order valence-electron chi connectivity index (χ4n) is 3.42. The van der Waals surface area contributed by atoms with Crippen LogP contribution in [-0.4, -0.2) is 48.7 Å². The van der Waals surface area contributed by atoms with E-state index < -0.39 is 6.10 Å². The van der Waals surface area contributed by atoms with Crippen molar-refractivity contribution < 1.29 is 24.1 Å². The van der Waals surface area contributed by atoms with Gasteiger partial charge < -0.3 is 19.3 Å². The van der Waals surface area contributed by atoms with E-state index in [1.165, 1.54) is 20.0 Å². The zero-order valence-electron chi connectivity index (χ0n) is 20.4. The summed E-state index contributed by atoms with van der Waals surface area (Å²) in [6.07, 6.45) is 14.3. The van der Waals surface area contributed by atoms with Crippen LogP contribution in [0.15, 0.2) is 12.2 Å². The maximum absolute atomic E-state index is 11.1. The summed E-state index contributed by atoms with van der Waals surface area (Å²) in [4.78, 5) is 11.1. The fraction of sp³-hybridized carbons (Fsp3) is 0.880. The SMILES string of the molecule is CCCCC[C@H](OC(C)C)[C@H](/C=C/[C@@H](O)CCCCCCCC(=O)OC)OC(C)C. The molecule has 0 unspecified atom stereocenters. The van der Waals surface area contributed by atoms with E-state index in [9.17, 15) is 9.90 Å². The first kappa shape index (κ1) is 29.1. The molecule has 0 aliphatic carbocycles. The van der Waals surface area contributed by atoms with Gasteiger partial charge in [0.25, 0.3) is 0 Å². The zero-order chi connectivity index (χ0) is 22.8. The molecule has 0 aliphatic heterocycles. The molecule has 0 bridgehead atoms. The monoisotopic (exact) mass is 428 g/mol. The van der Waals surface area contributed by atoms with Crippen LogP contribution in [0.25, 0.3) is 0 Å². The molecule has 3 atom stereocenters. The fourth-order valence-corrected chi connectivity index (χ4v) is 3.42. The summed E-state index contributed by atoms with van der Waals surface area (Å²) < 4.78 is 16.9. The largest absolute Gasteiger partial charge is 0.469 e. The lowest BCUT2D eigenvalue weighted by Gasteiger charge is -2.29. The second kappa shape index (κ2) is 18.8. The second-order valence-corrected chi connectivity index (χ2v) is 8.70. The lowest BCUT2D eigenvalue weighted by Crippen LogP contribution is -2.34. The number of carbonyl (C=O) groups is 1. The third kappa shape index (κ3) is 16.8. The Bertz CT molecular complexity index is 433. The van der Waals surface area contributed by atoms with Crippen molar-refractivity contribution in [1.29, 1.82) is 0 Å². The van der Waals surface area contributed by atoms with E-state index in [-0.39, 0.29) is 30.4 Å². The minimum Gasteiger partial charge on any atom is -0.469 e. The summed E-state index contributed by atoms with van der Waals surface area (Å²) in [7, 11) is 1.43. The van der Waals surface area contributed by atoms with E-state index in [0.717, 1.165) is 51.4 Å². The number of hydrogen-bond donors (Lipinski definition) is 1. The number of rotatable bonds is 19. The summed E-state index contributed by atoms with van der Waals surface area (Å²) in [6, 6.07) is 0. The van der Waals surface area contributed by atoms with Gasteiger partial charge in [0.05, 0.1) is 31.5 Å². The van der Waals surface area contributed by atoms with E-state index in [1.54, 1.807) is 0 Å². The van der Waals surface area contributed by atoms with Gasteiger partial charge >= 0.3 is 5.97 Å². The van der Waals surface area contributed by atoms with Crippen molar-refractivity contribution in [1.82, 2.24) is 0 Å². The van der Waals surface area contributed by atoms with Crippen LogP contribution in [0.3, 0.4) is 0 Å². The standard InChI is InChI=1S/C25H48O5/c1-7-8-12-16-23(29-20(2)3)24(30-21(4)5)19-18-22(26)15-13-10-9-11-14-17-25(27)28-6/h18-24,26H,7-17H2,1-6H3/b19-18+/t22-,23-,24-/m0/s1. The van der Waals surface area contributed by atoms with Crippen molar-refractivity contribution in [3.8, 4) is 0 Å². The average molecular weight is 429 g/mol. The van der Waals surface area contributed by atoms with Crippen LogP contribution in [-0.2, 0) is 19.0 Å². The lowest BCUT2D eigenvalue weighted by atomic mass is 10.0. The van der Waals surface area contributed by atoms with Gasteiger partial charge in [-0.1, -0.05) is 64.0 Å². The van der Waals surface area contributed by atoms with Crippen molar-refractivity contribution in [2.24, 2.45) is 0 Å². The van der Waals surface area contributed by atoms with Crippen molar-refractivity contribution in [2.75, 3.05) is 7.11 Å². The zero-order valence-corrected chi connectivity index (χ0v) is 20.4. The Morgan fingerprint density at radius 2 is 1.43 bits per heavy atom. The van der Waals surface area contributed by atoms with E-state index >= 15 is 0 Å². The van der Waals surface area contributed by atoms with Gasteiger partial charge in [-0.3, -0.25) is 4.79 Å². The molecule has 5 nitrogen and oxygen atoms in total. The number of methoxy groups -OCH3 is 1. The van der Waals surface area contributed by atoms with Gasteiger partial charge in [0, 0.05) is 6.42 Å². The van der Waals surface area contributed by atoms with Gasteiger partial charge in [0.1, 0.15) is 6.10 Å². The number of hydrogen-bond acceptors (Lipinski definition) is 5. The number of aliphatic hydroxyl groups excluding tert-OH is 1. The van der Waals surface area contributed by atoms with Crippen molar-refractivity contribution in [3.63, 3.8) is 0 Å². The Hall–Kier alpha value is -0.910. The molecule has 0 saturated heterocycles. The quantitative estimate of drug-likeness (QED) is 0.156. The molecule has 5 heteroatoms. The first-order valence-corrected chi connectivity index (χ1v) is 12.0. The third-order valence-electron chi connectivity index (χ3n) is 4.97. The molecule has 30 heavy (non-hydrogen) atoms. The van der Waals surface area contributed by atoms with Gasteiger partial charge in [0.15, 0.2) is 0 Å². The summed E-state index contributed by atoms with van der Waals surface area (Å²) in [5, 5.41) is 10.4. The molecule has 0 rings (SSSR count). The number of unbranched alkanes of at least 4 members (excludes halogenated alkanes) is 6. The van der Waals surface area contributed by atoms with Crippen molar-refractivity contribution >= 4 is 5.97 Å². The van der Waals surface area contributed by atoms with E-state index in [1.807, 2.05) is 26.0 Å². The average Bonchev–Trinajstić information content (AvgIpc) is 2.69. The Morgan fingerprint density at radius 1 is 0.833 bits per heavy atom. The molecule has 0 aromatic heterocycles. The van der Waals surface area contributed by atoms with Crippen LogP contribution in [0.2, 0.25) is 0 Å². The van der Waals surface area contributed by atoms with Crippen molar-refractivity contribution in [2.45, 2.75) is 136 Å². The minimum absolute atomic E-state index is 0.0113. The normalized spacial score (nSPS) is 15.1. The Balaban J connectivity index is 4.46. The van der Waals surface area contributed by atoms with Crippen LogP contribution in [0.5, 0.6) is 0 Å². The van der Waals surface area contributed by atoms with Gasteiger partial charge in [0.2, 0.25) is 0 Å². The van der Waals surface area contributed by atoms with E-state index in [4.69, 9.17) is 9.47 Å². The molecule has 0 heterocycles. The lowest BCUT2D eigenvalue weighted by molar-refractivity contribution is -0.140. The second-order valence-electron chi connectivity index (χ2n) is 8.70. The molecule has 0 spiro atoms. The molecule has 0 fully saturated rings. The molecule has 1 N–H and O–H groups in total. The summed E-state index contributed by atoms with van der Waals surface area (Å²) in [6.45, 7) is 10.4. The highest BCUT2D eigenvalue weighted by atomic mass is 16.5. The summed E-state index contributed by atoms with van der Waals surface area (Å²) in [5.74, 6) is -0.136. The van der Waals surface area contributed by atoms with Crippen LogP contribution < -0.4 is 0 Å². The molecule has 0 saturated carbocycles. The Morgan fingerprint density at radius 3 is 2.03 bits per heavy atom. The predicted octanol–water partition coefficient (Wildman–Crippen LogP) is 5.97. The maximum Gasteiger partial charge on any atom is 0.305 e. The molecule has 178 valence electrons. The Labute approximate surface area is 185 Å². The van der Waals surface area contributed by atoms with Crippen LogP contribution in [0, 0.1) is 0 Å². The molecule has 0 radical (unpaired) electrons. The number of esters is 1. The molecule has 0 amide bonds. The van der Waals surface area contributed by atoms with Crippen LogP contribution in [0.1, 0.15) is 105 Å². The number of aliphatic hydroxyl groups is 1. The van der Waals surface area contributed by atoms with Gasteiger partial charge in [-0.05, 0) is 47.0 Å². The van der Waals surface area contributed by atoms with Crippen molar-refractivity contribution in [3.05, 3.63) is 12.2 Å². The Kier molecular flexibility index (Phi) is 18.3. The van der Waals surface area contributed by atoms with Crippen LogP contribution in [0.4, 0.5) is 0 Å². The van der Waals surface area contributed by atoms with Gasteiger partial charge in [-0.25, -0.2) is 0 Å². The third-order valence-corrected chi connectivity index (χ3v) is 4.97. The summed E-state index contributed by atoms with van der Waals surface area (Å²) in [5.41, 5.74) is 0. The predicted molar refractivity (Wildman–Crippen MR) is 124 cm³/mol. The van der Waals surface area contributed by atoms with Gasteiger partial charge in [-0.15, -0.1) is 0 Å². The maximum atomic E-state index is 11.1. The topological polar surface area (TPSA) is 65.0 Å². The minimum atomic E-state index is -0.464. The molecular weight excluding hydrogens is 380 g/mol. The number of ether oxygens (including phenoxy) is 3. The van der Waals surface area contributed by atoms with E-state index in [2.05, 4.69) is 25.5 Å². The smallest absolute Gasteiger partial charge is 0.305 e. The first-order chi connectivity index (χ1) is 14.3. The molecule has 0 aromatic rings. The molecular formula is C25H48O5. The highest BCUT2D eigenvalue weighted by molar-refractivity contribution is 5.68. The highest BCUT2D eigenvalue weighted by Gasteiger charge is 2.23. The number of carbonyl (C=O) groups excluding carboxylic acids is 1. The molecule has 0 aromatic carbocycles. The highest BCUT2D eigenvalue weighted by Crippen LogP contribution is 2.19. The van der Waals surface area contributed by atoms with Crippen LogP contribution >= 0.6 is 0 Å². The first-order valence-electron chi connectivity index (χ1n) is 12.0. The molecule has 0 aliphatic rings. The summed E-state index contributed by atoms with van der Waals surface area (Å²) >= 11 is 0. The van der Waals surface area contributed by atoms with E-state index in [0.29, 0.717) is 6.42 Å².